The predicted molar refractivity (Wildman–Crippen MR) is 91.7 cm³/mol. The monoisotopic (exact) mass is 365 g/mol. The molecule has 1 heterocycles. The quantitative estimate of drug-likeness (QED) is 0.411. The normalized spacial score (nSPS) is 10.6. The summed E-state index contributed by atoms with van der Waals surface area (Å²) in [5.74, 6) is -0.337. The van der Waals surface area contributed by atoms with Crippen LogP contribution in [0.5, 0.6) is 0 Å². The minimum absolute atomic E-state index is 0.139. The number of nitrogens with one attached hydrogen (secondary N) is 1. The fraction of sp³-hybridized carbons (Fsp3) is 0.400. The second-order valence-corrected chi connectivity index (χ2v) is 6.23. The van der Waals surface area contributed by atoms with E-state index >= 15 is 0 Å². The summed E-state index contributed by atoms with van der Waals surface area (Å²) >= 11 is 1.13. The number of aryl methyl sites for hydroxylation is 1. The highest BCUT2D eigenvalue weighted by molar-refractivity contribution is 7.99. The molecule has 0 aliphatic carbocycles. The molecule has 0 aliphatic rings. The van der Waals surface area contributed by atoms with Crippen molar-refractivity contribution >= 4 is 23.4 Å². The van der Waals surface area contributed by atoms with Crippen molar-refractivity contribution in [2.75, 3.05) is 20.3 Å². The number of benzene rings is 1. The van der Waals surface area contributed by atoms with Crippen LogP contribution >= 0.6 is 11.8 Å². The minimum Gasteiger partial charge on any atom is -0.385 e. The number of carbonyl (C=O) groups is 1. The molecule has 2 aromatic rings. The lowest BCUT2D eigenvalue weighted by Gasteiger charge is -2.07. The first-order valence-corrected chi connectivity index (χ1v) is 8.42. The molecule has 0 unspecified atom stereocenters. The third-order valence-electron chi connectivity index (χ3n) is 3.35. The Hall–Kier alpha value is -2.46. The lowest BCUT2D eigenvalue weighted by Crippen LogP contribution is -2.24. The number of carbonyl (C=O) groups excluding carboxylic acids is 1. The Balaban J connectivity index is 2.08. The molecule has 134 valence electrons. The van der Waals surface area contributed by atoms with E-state index in [4.69, 9.17) is 4.74 Å². The molecule has 0 spiro atoms. The second-order valence-electron chi connectivity index (χ2n) is 5.22. The van der Waals surface area contributed by atoms with Gasteiger partial charge in [0.1, 0.15) is 6.33 Å². The SMILES string of the molecule is COCCCCNC(=O)c1ccc(Sc2nncn2C)c([N+](=O)[O-])c1. The van der Waals surface area contributed by atoms with Crippen molar-refractivity contribution < 1.29 is 14.5 Å². The molecule has 0 bridgehead atoms. The van der Waals surface area contributed by atoms with Gasteiger partial charge in [-0.1, -0.05) is 0 Å². The Morgan fingerprint density at radius 1 is 1.44 bits per heavy atom. The van der Waals surface area contributed by atoms with Crippen molar-refractivity contribution in [1.82, 2.24) is 20.1 Å². The van der Waals surface area contributed by atoms with Gasteiger partial charge >= 0.3 is 0 Å². The zero-order chi connectivity index (χ0) is 18.2. The second kappa shape index (κ2) is 9.14. The van der Waals surface area contributed by atoms with Gasteiger partial charge in [0.25, 0.3) is 11.6 Å². The first kappa shape index (κ1) is 18.9. The van der Waals surface area contributed by atoms with Gasteiger partial charge in [-0.05, 0) is 36.7 Å². The molecule has 10 heteroatoms. The van der Waals surface area contributed by atoms with Crippen LogP contribution in [0.4, 0.5) is 5.69 Å². The summed E-state index contributed by atoms with van der Waals surface area (Å²) in [6, 6.07) is 4.40. The Kier molecular flexibility index (Phi) is 6.90. The van der Waals surface area contributed by atoms with Crippen LogP contribution in [-0.4, -0.2) is 45.9 Å². The van der Waals surface area contributed by atoms with Crippen LogP contribution in [0.1, 0.15) is 23.2 Å². The molecule has 1 amide bonds. The largest absolute Gasteiger partial charge is 0.385 e. The molecular weight excluding hydrogens is 346 g/mol. The van der Waals surface area contributed by atoms with Crippen molar-refractivity contribution in [3.63, 3.8) is 0 Å². The van der Waals surface area contributed by atoms with Crippen LogP contribution in [0.2, 0.25) is 0 Å². The van der Waals surface area contributed by atoms with Gasteiger partial charge < -0.3 is 14.6 Å². The van der Waals surface area contributed by atoms with Gasteiger partial charge in [-0.15, -0.1) is 10.2 Å². The van der Waals surface area contributed by atoms with Crippen molar-refractivity contribution in [1.29, 1.82) is 0 Å². The number of nitrogens with zero attached hydrogens (tertiary/aromatic N) is 4. The average molecular weight is 365 g/mol. The molecule has 0 atom stereocenters. The molecular formula is C15H19N5O4S. The Morgan fingerprint density at radius 3 is 2.88 bits per heavy atom. The van der Waals surface area contributed by atoms with Gasteiger partial charge in [0.05, 0.1) is 9.82 Å². The van der Waals surface area contributed by atoms with Crippen molar-refractivity contribution in [3.8, 4) is 0 Å². The Bertz CT molecular complexity index is 749. The fourth-order valence-corrected chi connectivity index (χ4v) is 2.88. The van der Waals surface area contributed by atoms with Gasteiger partial charge in [0.15, 0.2) is 5.16 Å². The van der Waals surface area contributed by atoms with Crippen molar-refractivity contribution in [3.05, 3.63) is 40.2 Å². The van der Waals surface area contributed by atoms with Gasteiger partial charge in [-0.25, -0.2) is 0 Å². The number of amides is 1. The topological polar surface area (TPSA) is 112 Å². The summed E-state index contributed by atoms with van der Waals surface area (Å²) < 4.78 is 6.60. The van der Waals surface area contributed by atoms with E-state index in [1.54, 1.807) is 30.9 Å². The summed E-state index contributed by atoms with van der Waals surface area (Å²) in [6.45, 7) is 1.13. The number of unbranched alkanes of at least 4 members (excludes halogenated alkanes) is 1. The number of nitro benzene ring substituents is 1. The zero-order valence-electron chi connectivity index (χ0n) is 14.0. The number of nitro groups is 1. The maximum absolute atomic E-state index is 12.1. The Morgan fingerprint density at radius 2 is 2.24 bits per heavy atom. The maximum atomic E-state index is 12.1. The van der Waals surface area contributed by atoms with E-state index in [2.05, 4.69) is 15.5 Å². The van der Waals surface area contributed by atoms with E-state index in [0.717, 1.165) is 24.6 Å². The molecule has 1 N–H and O–H groups in total. The molecule has 2 rings (SSSR count). The van der Waals surface area contributed by atoms with Crippen LogP contribution in [-0.2, 0) is 11.8 Å². The lowest BCUT2D eigenvalue weighted by molar-refractivity contribution is -0.387. The summed E-state index contributed by atoms with van der Waals surface area (Å²) in [6.07, 6.45) is 3.13. The van der Waals surface area contributed by atoms with Gasteiger partial charge in [0.2, 0.25) is 0 Å². The molecule has 1 aromatic heterocycles. The third kappa shape index (κ3) is 5.26. The first-order valence-electron chi connectivity index (χ1n) is 7.60. The van der Waals surface area contributed by atoms with E-state index in [0.29, 0.717) is 23.2 Å². The summed E-state index contributed by atoms with van der Waals surface area (Å²) in [7, 11) is 3.37. The van der Waals surface area contributed by atoms with E-state index in [1.807, 2.05) is 0 Å². The number of rotatable bonds is 9. The highest BCUT2D eigenvalue weighted by Gasteiger charge is 2.19. The molecule has 0 fully saturated rings. The number of aromatic nitrogens is 3. The number of hydrogen-bond acceptors (Lipinski definition) is 7. The molecule has 0 aliphatic heterocycles. The van der Waals surface area contributed by atoms with E-state index in [-0.39, 0.29) is 17.2 Å². The molecule has 9 nitrogen and oxygen atoms in total. The summed E-state index contributed by atoms with van der Waals surface area (Å²) in [5.41, 5.74) is 0.112. The van der Waals surface area contributed by atoms with E-state index in [1.165, 1.54) is 12.4 Å². The number of methoxy groups -OCH3 is 1. The fourth-order valence-electron chi connectivity index (χ4n) is 2.03. The van der Waals surface area contributed by atoms with Crippen LogP contribution in [0.15, 0.2) is 34.6 Å². The van der Waals surface area contributed by atoms with Crippen molar-refractivity contribution in [2.45, 2.75) is 22.9 Å². The van der Waals surface area contributed by atoms with Crippen LogP contribution in [0.3, 0.4) is 0 Å². The number of ether oxygens (including phenoxy) is 1. The standard InChI is InChI=1S/C15H19N5O4S/c1-19-10-17-18-15(19)25-13-6-5-11(9-12(13)20(22)23)14(21)16-7-3-4-8-24-2/h5-6,9-10H,3-4,7-8H2,1-2H3,(H,16,21). The van der Waals surface area contributed by atoms with Crippen molar-refractivity contribution in [2.24, 2.45) is 7.05 Å². The van der Waals surface area contributed by atoms with Gasteiger partial charge in [-0.2, -0.15) is 0 Å². The summed E-state index contributed by atoms with van der Waals surface area (Å²) in [4.78, 5) is 23.4. The third-order valence-corrected chi connectivity index (χ3v) is 4.47. The lowest BCUT2D eigenvalue weighted by atomic mass is 10.2. The van der Waals surface area contributed by atoms with Crippen LogP contribution in [0, 0.1) is 10.1 Å². The molecule has 0 saturated carbocycles. The van der Waals surface area contributed by atoms with Crippen LogP contribution in [0.25, 0.3) is 0 Å². The van der Waals surface area contributed by atoms with Gasteiger partial charge in [-0.3, -0.25) is 14.9 Å². The predicted octanol–water partition coefficient (Wildman–Crippen LogP) is 2.03. The first-order chi connectivity index (χ1) is 12.0. The maximum Gasteiger partial charge on any atom is 0.284 e. The van der Waals surface area contributed by atoms with E-state index < -0.39 is 4.92 Å². The smallest absolute Gasteiger partial charge is 0.284 e. The minimum atomic E-state index is -0.506. The highest BCUT2D eigenvalue weighted by atomic mass is 32.2. The molecule has 0 radical (unpaired) electrons. The summed E-state index contributed by atoms with van der Waals surface area (Å²) in [5, 5.41) is 22.3. The Labute approximate surface area is 148 Å². The van der Waals surface area contributed by atoms with E-state index in [9.17, 15) is 14.9 Å². The van der Waals surface area contributed by atoms with Crippen LogP contribution < -0.4 is 5.32 Å². The highest BCUT2D eigenvalue weighted by Crippen LogP contribution is 2.34. The van der Waals surface area contributed by atoms with Gasteiger partial charge in [0, 0.05) is 38.9 Å². The molecule has 25 heavy (non-hydrogen) atoms. The molecule has 1 aromatic carbocycles. The average Bonchev–Trinajstić information content (AvgIpc) is 2.99. The molecule has 0 saturated heterocycles. The zero-order valence-corrected chi connectivity index (χ0v) is 14.8. The number of hydrogen-bond donors (Lipinski definition) is 1.